The highest BCUT2D eigenvalue weighted by Crippen LogP contribution is 2.64. The van der Waals surface area contributed by atoms with Gasteiger partial charge in [-0.1, -0.05) is 13.8 Å². The lowest BCUT2D eigenvalue weighted by Crippen LogP contribution is -2.56. The first-order chi connectivity index (χ1) is 12.1. The number of esters is 1. The van der Waals surface area contributed by atoms with Gasteiger partial charge in [-0.3, -0.25) is 10.0 Å². The molecule has 0 saturated carbocycles. The zero-order valence-corrected chi connectivity index (χ0v) is 15.5. The third kappa shape index (κ3) is 2.34. The van der Waals surface area contributed by atoms with Gasteiger partial charge in [0.1, 0.15) is 0 Å². The van der Waals surface area contributed by atoms with Crippen molar-refractivity contribution in [2.75, 3.05) is 6.61 Å². The fourth-order valence-corrected chi connectivity index (χ4v) is 4.29. The lowest BCUT2D eigenvalue weighted by atomic mass is 9.76. The van der Waals surface area contributed by atoms with Crippen LogP contribution in [0.4, 0.5) is 26.3 Å². The molecule has 3 aliphatic rings. The van der Waals surface area contributed by atoms with Crippen molar-refractivity contribution >= 4 is 5.97 Å². The molecule has 152 valence electrons. The zero-order chi connectivity index (χ0) is 20.7. The maximum absolute atomic E-state index is 14.0. The van der Waals surface area contributed by atoms with Crippen molar-refractivity contribution in [2.45, 2.75) is 65.0 Å². The minimum absolute atomic E-state index is 0.172. The van der Waals surface area contributed by atoms with Crippen molar-refractivity contribution in [3.05, 3.63) is 22.5 Å². The second kappa shape index (κ2) is 5.35. The highest BCUT2D eigenvalue weighted by molar-refractivity contribution is 5.90. The fraction of sp³-hybridized carbons (Fsp3) is 0.706. The standard InChI is InChI=1S/C17H20F6N2O2/c1-6-27-13(26)11-10(16(18,19)20)12-14(3,4)8(2)9-7-15(5,17(21,22)23)25(11)24(9)12/h12H,6-7H2,1-5H3/t12-,15+/m1/s1. The molecule has 0 aromatic heterocycles. The van der Waals surface area contributed by atoms with Crippen molar-refractivity contribution < 1.29 is 35.9 Å². The summed E-state index contributed by atoms with van der Waals surface area (Å²) < 4.78 is 88.4. The number of hydrogen-bond donors (Lipinski definition) is 0. The van der Waals surface area contributed by atoms with Gasteiger partial charge in [0.15, 0.2) is 11.2 Å². The molecule has 10 heteroatoms. The summed E-state index contributed by atoms with van der Waals surface area (Å²) in [5.74, 6) is -1.40. The smallest absolute Gasteiger partial charge is 0.417 e. The summed E-state index contributed by atoms with van der Waals surface area (Å²) in [7, 11) is 0. The first kappa shape index (κ1) is 19.9. The number of hydrazine groups is 1. The van der Waals surface area contributed by atoms with Crippen LogP contribution < -0.4 is 0 Å². The molecule has 3 heterocycles. The van der Waals surface area contributed by atoms with E-state index in [0.717, 1.165) is 11.9 Å². The number of nitrogens with zero attached hydrogens (tertiary/aromatic N) is 2. The number of ether oxygens (including phenoxy) is 1. The van der Waals surface area contributed by atoms with Gasteiger partial charge in [0.25, 0.3) is 0 Å². The van der Waals surface area contributed by atoms with Gasteiger partial charge < -0.3 is 4.74 Å². The van der Waals surface area contributed by atoms with Crippen LogP contribution in [0.5, 0.6) is 0 Å². The number of halogens is 6. The van der Waals surface area contributed by atoms with Crippen LogP contribution in [-0.2, 0) is 9.53 Å². The van der Waals surface area contributed by atoms with Crippen LogP contribution in [0.2, 0.25) is 0 Å². The van der Waals surface area contributed by atoms with Crippen molar-refractivity contribution in [1.82, 2.24) is 10.0 Å². The lowest BCUT2D eigenvalue weighted by Gasteiger charge is -2.41. The normalized spacial score (nSPS) is 29.8. The molecular weight excluding hydrogens is 378 g/mol. The predicted octanol–water partition coefficient (Wildman–Crippen LogP) is 4.31. The van der Waals surface area contributed by atoms with E-state index >= 15 is 0 Å². The molecule has 0 aromatic carbocycles. The molecule has 2 atom stereocenters. The summed E-state index contributed by atoms with van der Waals surface area (Å²) in [6.45, 7) is 6.58. The molecule has 0 N–H and O–H groups in total. The largest absolute Gasteiger partial charge is 0.461 e. The van der Waals surface area contributed by atoms with Crippen LogP contribution in [0.25, 0.3) is 0 Å². The minimum atomic E-state index is -4.99. The molecule has 3 rings (SSSR count). The third-order valence-corrected chi connectivity index (χ3v) is 5.92. The van der Waals surface area contributed by atoms with Crippen LogP contribution in [0.1, 0.15) is 41.0 Å². The van der Waals surface area contributed by atoms with E-state index in [1.54, 1.807) is 20.8 Å². The predicted molar refractivity (Wildman–Crippen MR) is 82.7 cm³/mol. The van der Waals surface area contributed by atoms with E-state index in [4.69, 9.17) is 4.74 Å². The minimum Gasteiger partial charge on any atom is -0.461 e. The van der Waals surface area contributed by atoms with Gasteiger partial charge in [-0.05, 0) is 26.3 Å². The number of hydrogen-bond acceptors (Lipinski definition) is 4. The molecule has 3 aliphatic heterocycles. The molecular formula is C17H20F6N2O2. The van der Waals surface area contributed by atoms with Crippen molar-refractivity contribution in [3.63, 3.8) is 0 Å². The summed E-state index contributed by atoms with van der Waals surface area (Å²) in [5.41, 5.74) is -5.49. The lowest BCUT2D eigenvalue weighted by molar-refractivity contribution is -0.233. The summed E-state index contributed by atoms with van der Waals surface area (Å²) in [6.07, 6.45) is -10.4. The SMILES string of the molecule is CCOC(=O)C1=C(C(F)(F)F)[C@H]2N3C(=C(C)C2(C)C)C[C@@](C)(C(F)(F)F)N13. The van der Waals surface area contributed by atoms with Crippen molar-refractivity contribution in [2.24, 2.45) is 5.41 Å². The molecule has 0 amide bonds. The second-order valence-corrected chi connectivity index (χ2v) is 7.78. The molecule has 0 unspecified atom stereocenters. The quantitative estimate of drug-likeness (QED) is 0.513. The van der Waals surface area contributed by atoms with Crippen LogP contribution in [0, 0.1) is 5.41 Å². The monoisotopic (exact) mass is 398 g/mol. The van der Waals surface area contributed by atoms with E-state index in [1.807, 2.05) is 0 Å². The molecule has 0 aromatic rings. The number of carbonyl (C=O) groups excluding carboxylic acids is 1. The molecule has 1 saturated heterocycles. The zero-order valence-electron chi connectivity index (χ0n) is 15.5. The Labute approximate surface area is 152 Å². The maximum Gasteiger partial charge on any atom is 0.417 e. The molecule has 27 heavy (non-hydrogen) atoms. The molecule has 4 nitrogen and oxygen atoms in total. The van der Waals surface area contributed by atoms with Gasteiger partial charge in [-0.15, -0.1) is 0 Å². The second-order valence-electron chi connectivity index (χ2n) is 7.78. The molecule has 0 aliphatic carbocycles. The first-order valence-electron chi connectivity index (χ1n) is 8.45. The third-order valence-electron chi connectivity index (χ3n) is 5.92. The van der Waals surface area contributed by atoms with Gasteiger partial charge >= 0.3 is 18.3 Å². The summed E-state index contributed by atoms with van der Waals surface area (Å²) in [5, 5.41) is 1.49. The summed E-state index contributed by atoms with van der Waals surface area (Å²) in [4.78, 5) is 12.4. The van der Waals surface area contributed by atoms with Crippen LogP contribution in [-0.4, -0.2) is 46.5 Å². The van der Waals surface area contributed by atoms with E-state index in [0.29, 0.717) is 10.6 Å². The Bertz CT molecular complexity index is 764. The van der Waals surface area contributed by atoms with Crippen LogP contribution >= 0.6 is 0 Å². The first-order valence-corrected chi connectivity index (χ1v) is 8.45. The van der Waals surface area contributed by atoms with Gasteiger partial charge in [-0.2, -0.15) is 26.3 Å². The number of carbonyl (C=O) groups is 1. The number of alkyl halides is 6. The number of rotatable bonds is 2. The van der Waals surface area contributed by atoms with Crippen molar-refractivity contribution in [3.8, 4) is 0 Å². The van der Waals surface area contributed by atoms with Gasteiger partial charge in [0.2, 0.25) is 0 Å². The molecule has 1 fully saturated rings. The molecule has 0 spiro atoms. The topological polar surface area (TPSA) is 32.8 Å². The van der Waals surface area contributed by atoms with Gasteiger partial charge in [0, 0.05) is 17.5 Å². The average Bonchev–Trinajstić information content (AvgIpc) is 3.05. The highest BCUT2D eigenvalue weighted by Gasteiger charge is 2.73. The molecule has 0 bridgehead atoms. The Morgan fingerprint density at radius 3 is 2.19 bits per heavy atom. The van der Waals surface area contributed by atoms with Crippen molar-refractivity contribution in [1.29, 1.82) is 0 Å². The Hall–Kier alpha value is -1.87. The van der Waals surface area contributed by atoms with Crippen LogP contribution in [0.3, 0.4) is 0 Å². The van der Waals surface area contributed by atoms with Gasteiger partial charge in [0.05, 0.1) is 18.2 Å². The summed E-state index contributed by atoms with van der Waals surface area (Å²) >= 11 is 0. The van der Waals surface area contributed by atoms with E-state index in [2.05, 4.69) is 0 Å². The Morgan fingerprint density at radius 1 is 1.19 bits per heavy atom. The Balaban J connectivity index is 2.35. The van der Waals surface area contributed by atoms with E-state index < -0.39 is 53.0 Å². The van der Waals surface area contributed by atoms with E-state index in [-0.39, 0.29) is 12.3 Å². The highest BCUT2D eigenvalue weighted by atomic mass is 19.4. The summed E-state index contributed by atoms with van der Waals surface area (Å²) in [6, 6.07) is -1.45. The van der Waals surface area contributed by atoms with E-state index in [9.17, 15) is 31.1 Å². The van der Waals surface area contributed by atoms with E-state index in [1.165, 1.54) is 6.92 Å². The van der Waals surface area contributed by atoms with Gasteiger partial charge in [-0.25, -0.2) is 4.79 Å². The van der Waals surface area contributed by atoms with Crippen LogP contribution in [0.15, 0.2) is 22.5 Å². The Kier molecular flexibility index (Phi) is 3.94. The maximum atomic E-state index is 14.0. The molecule has 0 radical (unpaired) electrons. The Morgan fingerprint density at radius 2 is 1.74 bits per heavy atom. The fourth-order valence-electron chi connectivity index (χ4n) is 4.29. The average molecular weight is 398 g/mol.